The molecule has 132 valence electrons. The minimum absolute atomic E-state index is 0.0226. The van der Waals surface area contributed by atoms with E-state index in [1.165, 1.54) is 12.8 Å². The number of carbonyl (C=O) groups excluding carboxylic acids is 1. The van der Waals surface area contributed by atoms with Gasteiger partial charge in [-0.15, -0.1) is 0 Å². The first-order chi connectivity index (χ1) is 12.8. The number of benzene rings is 1. The standard InChI is InChI=1S/C20H20N4O2/c1-2-16-15-11-13(12-21-19(15)26-22-16)20(25)24-10-9-23(14-7-8-14)17-5-3-4-6-18(17)24/h3-6,11-12,14H,2,7-10H2,1H3. The Hall–Kier alpha value is -2.89. The zero-order valence-electron chi connectivity index (χ0n) is 14.7. The average Bonchev–Trinajstić information content (AvgIpc) is 3.45. The molecule has 26 heavy (non-hydrogen) atoms. The summed E-state index contributed by atoms with van der Waals surface area (Å²) >= 11 is 0. The van der Waals surface area contributed by atoms with Gasteiger partial charge in [0.15, 0.2) is 0 Å². The molecule has 0 saturated heterocycles. The Balaban J connectivity index is 1.53. The van der Waals surface area contributed by atoms with Crippen LogP contribution in [0.4, 0.5) is 11.4 Å². The van der Waals surface area contributed by atoms with Gasteiger partial charge in [0.05, 0.1) is 28.0 Å². The predicted octanol–water partition coefficient (Wildman–Crippen LogP) is 3.41. The van der Waals surface area contributed by atoms with Gasteiger partial charge in [-0.25, -0.2) is 4.98 Å². The molecule has 1 amide bonds. The number of carbonyl (C=O) groups is 1. The van der Waals surface area contributed by atoms with E-state index in [-0.39, 0.29) is 5.91 Å². The van der Waals surface area contributed by atoms with Crippen LogP contribution in [0.15, 0.2) is 41.1 Å². The molecule has 1 aliphatic heterocycles. The van der Waals surface area contributed by atoms with Gasteiger partial charge in [0.25, 0.3) is 11.6 Å². The number of aryl methyl sites for hydroxylation is 1. The highest BCUT2D eigenvalue weighted by atomic mass is 16.5. The third-order valence-electron chi connectivity index (χ3n) is 5.27. The van der Waals surface area contributed by atoms with Crippen molar-refractivity contribution in [1.82, 2.24) is 10.1 Å². The summed E-state index contributed by atoms with van der Waals surface area (Å²) in [6, 6.07) is 10.7. The minimum Gasteiger partial charge on any atom is -0.365 e. The molecule has 1 fully saturated rings. The fourth-order valence-corrected chi connectivity index (χ4v) is 3.77. The Labute approximate surface area is 151 Å². The second-order valence-electron chi connectivity index (χ2n) is 6.93. The van der Waals surface area contributed by atoms with Crippen molar-refractivity contribution < 1.29 is 9.32 Å². The molecule has 0 spiro atoms. The summed E-state index contributed by atoms with van der Waals surface area (Å²) in [5, 5.41) is 4.85. The summed E-state index contributed by atoms with van der Waals surface area (Å²) in [5.74, 6) is -0.0226. The van der Waals surface area contributed by atoms with Crippen molar-refractivity contribution in [1.29, 1.82) is 0 Å². The number of nitrogens with zero attached hydrogens (tertiary/aromatic N) is 4. The fraction of sp³-hybridized carbons (Fsp3) is 0.350. The van der Waals surface area contributed by atoms with Crippen LogP contribution in [0.3, 0.4) is 0 Å². The number of para-hydroxylation sites is 2. The van der Waals surface area contributed by atoms with Crippen molar-refractivity contribution in [3.63, 3.8) is 0 Å². The maximum absolute atomic E-state index is 13.2. The molecular weight excluding hydrogens is 328 g/mol. The summed E-state index contributed by atoms with van der Waals surface area (Å²) in [6.45, 7) is 3.57. The van der Waals surface area contributed by atoms with E-state index in [9.17, 15) is 4.79 Å². The van der Waals surface area contributed by atoms with Crippen molar-refractivity contribution in [2.75, 3.05) is 22.9 Å². The van der Waals surface area contributed by atoms with Crippen LogP contribution in [0.5, 0.6) is 0 Å². The molecule has 2 aliphatic rings. The van der Waals surface area contributed by atoms with E-state index in [0.717, 1.165) is 35.4 Å². The second-order valence-corrected chi connectivity index (χ2v) is 6.93. The molecule has 0 bridgehead atoms. The zero-order valence-corrected chi connectivity index (χ0v) is 14.7. The van der Waals surface area contributed by atoms with Crippen LogP contribution in [0.2, 0.25) is 0 Å². The van der Waals surface area contributed by atoms with Crippen LogP contribution < -0.4 is 9.80 Å². The van der Waals surface area contributed by atoms with E-state index in [1.54, 1.807) is 6.20 Å². The molecule has 3 aromatic rings. The maximum atomic E-state index is 13.2. The number of hydrogen-bond donors (Lipinski definition) is 0. The van der Waals surface area contributed by atoms with Gasteiger partial charge in [-0.1, -0.05) is 24.2 Å². The normalized spacial score (nSPS) is 16.8. The van der Waals surface area contributed by atoms with Crippen molar-refractivity contribution in [3.8, 4) is 0 Å². The minimum atomic E-state index is -0.0226. The largest absolute Gasteiger partial charge is 0.365 e. The third kappa shape index (κ3) is 2.36. The lowest BCUT2D eigenvalue weighted by atomic mass is 10.1. The molecular formula is C20H20N4O2. The summed E-state index contributed by atoms with van der Waals surface area (Å²) < 4.78 is 5.23. The molecule has 1 saturated carbocycles. The molecule has 1 aromatic carbocycles. The van der Waals surface area contributed by atoms with Gasteiger partial charge in [0.1, 0.15) is 0 Å². The van der Waals surface area contributed by atoms with Crippen molar-refractivity contribution in [2.45, 2.75) is 32.2 Å². The predicted molar refractivity (Wildman–Crippen MR) is 99.7 cm³/mol. The lowest BCUT2D eigenvalue weighted by Crippen LogP contribution is -2.45. The molecule has 0 radical (unpaired) electrons. The molecule has 6 heteroatoms. The van der Waals surface area contributed by atoms with E-state index in [4.69, 9.17) is 4.52 Å². The van der Waals surface area contributed by atoms with Crippen LogP contribution >= 0.6 is 0 Å². The lowest BCUT2D eigenvalue weighted by molar-refractivity contribution is 0.0986. The van der Waals surface area contributed by atoms with Gasteiger partial charge < -0.3 is 14.3 Å². The third-order valence-corrected chi connectivity index (χ3v) is 5.27. The van der Waals surface area contributed by atoms with E-state index >= 15 is 0 Å². The number of rotatable bonds is 3. The van der Waals surface area contributed by atoms with Gasteiger partial charge in [-0.3, -0.25) is 4.79 Å². The highest BCUT2D eigenvalue weighted by Gasteiger charge is 2.35. The van der Waals surface area contributed by atoms with Gasteiger partial charge >= 0.3 is 0 Å². The lowest BCUT2D eigenvalue weighted by Gasteiger charge is -2.38. The summed E-state index contributed by atoms with van der Waals surface area (Å²) in [5.41, 5.74) is 4.03. The molecule has 0 N–H and O–H groups in total. The molecule has 0 unspecified atom stereocenters. The number of fused-ring (bicyclic) bond motifs is 2. The van der Waals surface area contributed by atoms with E-state index in [0.29, 0.717) is 23.9 Å². The molecule has 1 aliphatic carbocycles. The SMILES string of the molecule is CCc1noc2ncc(C(=O)N3CCN(C4CC4)c4ccccc43)cc12. The van der Waals surface area contributed by atoms with Gasteiger partial charge in [-0.05, 0) is 37.5 Å². The number of amides is 1. The Kier molecular flexibility index (Phi) is 3.45. The molecule has 6 nitrogen and oxygen atoms in total. The summed E-state index contributed by atoms with van der Waals surface area (Å²) in [7, 11) is 0. The van der Waals surface area contributed by atoms with Crippen molar-refractivity contribution >= 4 is 28.4 Å². The topological polar surface area (TPSA) is 62.5 Å². The molecule has 2 aromatic heterocycles. The Bertz CT molecular complexity index is 992. The van der Waals surface area contributed by atoms with Crippen LogP contribution in [0.1, 0.15) is 35.8 Å². The van der Waals surface area contributed by atoms with Crippen LogP contribution in [0, 0.1) is 0 Å². The Morgan fingerprint density at radius 1 is 1.23 bits per heavy atom. The number of aromatic nitrogens is 2. The van der Waals surface area contributed by atoms with Gasteiger partial charge in [-0.2, -0.15) is 0 Å². The maximum Gasteiger partial charge on any atom is 0.259 e. The summed E-state index contributed by atoms with van der Waals surface area (Å²) in [4.78, 5) is 21.8. The number of pyridine rings is 1. The second kappa shape index (κ2) is 5.83. The zero-order chi connectivity index (χ0) is 17.7. The van der Waals surface area contributed by atoms with Gasteiger partial charge in [0.2, 0.25) is 0 Å². The van der Waals surface area contributed by atoms with Gasteiger partial charge in [0, 0.05) is 25.3 Å². The Morgan fingerprint density at radius 2 is 2.04 bits per heavy atom. The van der Waals surface area contributed by atoms with E-state index < -0.39 is 0 Å². The molecule has 3 heterocycles. The average molecular weight is 348 g/mol. The molecule has 5 rings (SSSR count). The Morgan fingerprint density at radius 3 is 2.81 bits per heavy atom. The monoisotopic (exact) mass is 348 g/mol. The first-order valence-electron chi connectivity index (χ1n) is 9.18. The smallest absolute Gasteiger partial charge is 0.259 e. The first kappa shape index (κ1) is 15.4. The quantitative estimate of drug-likeness (QED) is 0.726. The van der Waals surface area contributed by atoms with Crippen LogP contribution in [0.25, 0.3) is 11.1 Å². The van der Waals surface area contributed by atoms with E-state index in [1.807, 2.05) is 36.1 Å². The molecule has 0 atom stereocenters. The highest BCUT2D eigenvalue weighted by Crippen LogP contribution is 2.40. The summed E-state index contributed by atoms with van der Waals surface area (Å²) in [6.07, 6.45) is 4.83. The highest BCUT2D eigenvalue weighted by molar-refractivity contribution is 6.09. The van der Waals surface area contributed by atoms with Crippen LogP contribution in [-0.2, 0) is 6.42 Å². The first-order valence-corrected chi connectivity index (χ1v) is 9.18. The number of hydrogen-bond acceptors (Lipinski definition) is 5. The van der Waals surface area contributed by atoms with Crippen molar-refractivity contribution in [3.05, 3.63) is 47.8 Å². The van der Waals surface area contributed by atoms with E-state index in [2.05, 4.69) is 21.1 Å². The van der Waals surface area contributed by atoms with Crippen molar-refractivity contribution in [2.24, 2.45) is 0 Å². The number of anilines is 2. The fourth-order valence-electron chi connectivity index (χ4n) is 3.77. The van der Waals surface area contributed by atoms with Crippen LogP contribution in [-0.4, -0.2) is 35.2 Å².